The maximum atomic E-state index is 12.8. The quantitative estimate of drug-likeness (QED) is 0.274. The van der Waals surface area contributed by atoms with E-state index in [9.17, 15) is 4.79 Å². The summed E-state index contributed by atoms with van der Waals surface area (Å²) in [6.45, 7) is 8.70. The molecule has 3 aromatic rings. The molecule has 3 rings (SSSR count). The van der Waals surface area contributed by atoms with Gasteiger partial charge in [-0.15, -0.1) is 6.58 Å². The predicted octanol–water partition coefficient (Wildman–Crippen LogP) is 5.14. The van der Waals surface area contributed by atoms with E-state index in [0.29, 0.717) is 42.4 Å². The van der Waals surface area contributed by atoms with E-state index in [1.807, 2.05) is 62.4 Å². The van der Waals surface area contributed by atoms with Crippen LogP contribution in [-0.2, 0) is 6.42 Å². The van der Waals surface area contributed by atoms with Gasteiger partial charge in [-0.1, -0.05) is 30.3 Å². The van der Waals surface area contributed by atoms with Crippen LogP contribution in [0.25, 0.3) is 10.8 Å². The molecule has 6 nitrogen and oxygen atoms in total. The number of benzene rings is 3. The van der Waals surface area contributed by atoms with Crippen molar-refractivity contribution in [3.63, 3.8) is 0 Å². The molecule has 0 saturated carbocycles. The zero-order valence-corrected chi connectivity index (χ0v) is 18.7. The third-order valence-corrected chi connectivity index (χ3v) is 4.80. The van der Waals surface area contributed by atoms with Crippen molar-refractivity contribution in [1.29, 1.82) is 0 Å². The molecule has 0 atom stereocenters. The average molecular weight is 433 g/mol. The summed E-state index contributed by atoms with van der Waals surface area (Å²) in [7, 11) is 1.54. The standard InChI is InChI=1S/C26H28N2O4/c1-5-10-21-13-18(14-24(31-6-2)25(21)32-7-3)17-27-28-26(29)22-15-19-11-8-9-12-20(19)16-23(22)30-4/h5,8-9,11-17H,1,6-7,10H2,2-4H3,(H,28,29)/b27-17-. The Labute approximate surface area is 188 Å². The number of amides is 1. The van der Waals surface area contributed by atoms with Gasteiger partial charge in [0.05, 0.1) is 32.1 Å². The van der Waals surface area contributed by atoms with Crippen molar-refractivity contribution in [1.82, 2.24) is 5.43 Å². The molecule has 1 amide bonds. The van der Waals surface area contributed by atoms with E-state index in [1.165, 1.54) is 0 Å². The Morgan fingerprint density at radius 2 is 1.75 bits per heavy atom. The van der Waals surface area contributed by atoms with Gasteiger partial charge >= 0.3 is 0 Å². The Bertz CT molecular complexity index is 1140. The molecular weight excluding hydrogens is 404 g/mol. The van der Waals surface area contributed by atoms with Crippen molar-refractivity contribution >= 4 is 22.9 Å². The predicted molar refractivity (Wildman–Crippen MR) is 128 cm³/mol. The number of nitrogens with zero attached hydrogens (tertiary/aromatic N) is 1. The second-order valence-electron chi connectivity index (χ2n) is 6.96. The number of fused-ring (bicyclic) bond motifs is 1. The van der Waals surface area contributed by atoms with Gasteiger partial charge in [-0.25, -0.2) is 5.43 Å². The smallest absolute Gasteiger partial charge is 0.275 e. The van der Waals surface area contributed by atoms with E-state index in [4.69, 9.17) is 14.2 Å². The second-order valence-corrected chi connectivity index (χ2v) is 6.96. The van der Waals surface area contributed by atoms with Crippen molar-refractivity contribution in [3.8, 4) is 17.2 Å². The maximum Gasteiger partial charge on any atom is 0.275 e. The molecule has 6 heteroatoms. The monoisotopic (exact) mass is 432 g/mol. The van der Waals surface area contributed by atoms with Crippen molar-refractivity contribution in [2.75, 3.05) is 20.3 Å². The van der Waals surface area contributed by atoms with Crippen molar-refractivity contribution in [2.24, 2.45) is 5.10 Å². The molecule has 0 aliphatic rings. The average Bonchev–Trinajstić information content (AvgIpc) is 2.80. The van der Waals surface area contributed by atoms with Crippen molar-refractivity contribution in [3.05, 3.63) is 77.9 Å². The zero-order chi connectivity index (χ0) is 22.9. The van der Waals surface area contributed by atoms with Gasteiger partial charge < -0.3 is 14.2 Å². The third-order valence-electron chi connectivity index (χ3n) is 4.80. The number of hydrogen-bond donors (Lipinski definition) is 1. The highest BCUT2D eigenvalue weighted by atomic mass is 16.5. The molecule has 0 spiro atoms. The summed E-state index contributed by atoms with van der Waals surface area (Å²) >= 11 is 0. The Hall–Kier alpha value is -3.80. The molecular formula is C26H28N2O4. The third kappa shape index (κ3) is 5.27. The highest BCUT2D eigenvalue weighted by Gasteiger charge is 2.14. The molecule has 0 radical (unpaired) electrons. The first-order valence-corrected chi connectivity index (χ1v) is 10.5. The second kappa shape index (κ2) is 11.0. The van der Waals surface area contributed by atoms with Crippen molar-refractivity contribution in [2.45, 2.75) is 20.3 Å². The van der Waals surface area contributed by atoms with Crippen LogP contribution in [0.2, 0.25) is 0 Å². The number of nitrogens with one attached hydrogen (secondary N) is 1. The maximum absolute atomic E-state index is 12.8. The summed E-state index contributed by atoms with van der Waals surface area (Å²) in [6, 6.07) is 15.2. The fourth-order valence-corrected chi connectivity index (χ4v) is 3.43. The van der Waals surface area contributed by atoms with Gasteiger partial charge in [-0.3, -0.25) is 4.79 Å². The molecule has 0 unspecified atom stereocenters. The van der Waals surface area contributed by atoms with Gasteiger partial charge in [-0.05, 0) is 60.9 Å². The normalized spacial score (nSPS) is 10.8. The fraction of sp³-hybridized carbons (Fsp3) is 0.231. The van der Waals surface area contributed by atoms with Crippen LogP contribution < -0.4 is 19.6 Å². The first kappa shape index (κ1) is 22.9. The van der Waals surface area contributed by atoms with Crippen LogP contribution in [0.15, 0.2) is 66.3 Å². The van der Waals surface area contributed by atoms with Gasteiger partial charge in [0.25, 0.3) is 5.91 Å². The fourth-order valence-electron chi connectivity index (χ4n) is 3.43. The summed E-state index contributed by atoms with van der Waals surface area (Å²) in [5, 5.41) is 6.09. The number of allylic oxidation sites excluding steroid dienone is 1. The van der Waals surface area contributed by atoms with E-state index in [-0.39, 0.29) is 5.91 Å². The SMILES string of the molecule is C=CCc1cc(/C=N\NC(=O)c2cc3ccccc3cc2OC)cc(OCC)c1OCC. The number of methoxy groups -OCH3 is 1. The summed E-state index contributed by atoms with van der Waals surface area (Å²) in [4.78, 5) is 12.8. The molecule has 0 aromatic heterocycles. The Morgan fingerprint density at radius 3 is 2.41 bits per heavy atom. The number of carbonyl (C=O) groups is 1. The van der Waals surface area contributed by atoms with Crippen LogP contribution in [0.3, 0.4) is 0 Å². The zero-order valence-electron chi connectivity index (χ0n) is 18.7. The molecule has 0 aliphatic carbocycles. The lowest BCUT2D eigenvalue weighted by molar-refractivity contribution is 0.0952. The number of hydrazone groups is 1. The number of rotatable bonds is 10. The number of hydrogen-bond acceptors (Lipinski definition) is 5. The van der Waals surface area contributed by atoms with Crippen molar-refractivity contribution < 1.29 is 19.0 Å². The minimum absolute atomic E-state index is 0.355. The molecule has 0 bridgehead atoms. The van der Waals surface area contributed by atoms with Crippen LogP contribution in [0.4, 0.5) is 0 Å². The summed E-state index contributed by atoms with van der Waals surface area (Å²) in [6.07, 6.45) is 4.01. The molecule has 0 saturated heterocycles. The van der Waals surface area contributed by atoms with E-state index in [1.54, 1.807) is 19.4 Å². The Morgan fingerprint density at radius 1 is 1.03 bits per heavy atom. The molecule has 166 valence electrons. The molecule has 32 heavy (non-hydrogen) atoms. The van der Waals surface area contributed by atoms with Crippen LogP contribution in [0, 0.1) is 0 Å². The molecule has 0 fully saturated rings. The van der Waals surface area contributed by atoms with Crippen LogP contribution in [-0.4, -0.2) is 32.4 Å². The van der Waals surface area contributed by atoms with E-state index in [2.05, 4.69) is 17.1 Å². The van der Waals surface area contributed by atoms with E-state index in [0.717, 1.165) is 21.9 Å². The molecule has 0 aliphatic heterocycles. The molecule has 3 aromatic carbocycles. The highest BCUT2D eigenvalue weighted by molar-refractivity contribution is 6.02. The van der Waals surface area contributed by atoms with Gasteiger partial charge in [0, 0.05) is 5.56 Å². The summed E-state index contributed by atoms with van der Waals surface area (Å²) < 4.78 is 17.0. The van der Waals surface area contributed by atoms with Crippen LogP contribution in [0.5, 0.6) is 17.2 Å². The largest absolute Gasteiger partial charge is 0.496 e. The minimum atomic E-state index is -0.355. The molecule has 1 N–H and O–H groups in total. The van der Waals surface area contributed by atoms with Gasteiger partial charge in [-0.2, -0.15) is 5.10 Å². The topological polar surface area (TPSA) is 69.2 Å². The van der Waals surface area contributed by atoms with E-state index < -0.39 is 0 Å². The van der Waals surface area contributed by atoms with Crippen LogP contribution in [0.1, 0.15) is 35.3 Å². The first-order valence-electron chi connectivity index (χ1n) is 10.5. The van der Waals surface area contributed by atoms with Gasteiger partial charge in [0.15, 0.2) is 11.5 Å². The first-order chi connectivity index (χ1) is 15.6. The molecule has 0 heterocycles. The number of carbonyl (C=O) groups excluding carboxylic acids is 1. The van der Waals surface area contributed by atoms with Gasteiger partial charge in [0.2, 0.25) is 0 Å². The van der Waals surface area contributed by atoms with E-state index >= 15 is 0 Å². The van der Waals surface area contributed by atoms with Crippen LogP contribution >= 0.6 is 0 Å². The lowest BCUT2D eigenvalue weighted by atomic mass is 10.1. The Balaban J connectivity index is 1.85. The van der Waals surface area contributed by atoms with Gasteiger partial charge in [0.1, 0.15) is 5.75 Å². The lowest BCUT2D eigenvalue weighted by Crippen LogP contribution is -2.18. The highest BCUT2D eigenvalue weighted by Crippen LogP contribution is 2.33. The number of ether oxygens (including phenoxy) is 3. The minimum Gasteiger partial charge on any atom is -0.496 e. The summed E-state index contributed by atoms with van der Waals surface area (Å²) in [5.41, 5.74) is 4.72. The Kier molecular flexibility index (Phi) is 7.86. The summed E-state index contributed by atoms with van der Waals surface area (Å²) in [5.74, 6) is 1.48. The lowest BCUT2D eigenvalue weighted by Gasteiger charge is -2.15.